The number of hydrogen-bond donors (Lipinski definition) is 2. The molecule has 0 saturated carbocycles. The standard InChI is InChI=1S/C12H10ClN3S/c13-12-4-3-10(17-12)7-16-9-2-1-8(6-14)11(15)5-9/h1-5,16H,7,15H2. The van der Waals surface area contributed by atoms with E-state index in [4.69, 9.17) is 22.6 Å². The van der Waals surface area contributed by atoms with E-state index in [0.717, 1.165) is 14.9 Å². The van der Waals surface area contributed by atoms with Crippen molar-refractivity contribution in [2.24, 2.45) is 0 Å². The van der Waals surface area contributed by atoms with Gasteiger partial charge in [-0.1, -0.05) is 11.6 Å². The van der Waals surface area contributed by atoms with E-state index in [1.807, 2.05) is 24.3 Å². The van der Waals surface area contributed by atoms with E-state index in [1.54, 1.807) is 12.1 Å². The summed E-state index contributed by atoms with van der Waals surface area (Å²) in [5, 5.41) is 12.0. The first-order chi connectivity index (χ1) is 8.19. The Balaban J connectivity index is 2.05. The van der Waals surface area contributed by atoms with Crippen molar-refractivity contribution in [3.05, 3.63) is 45.1 Å². The highest BCUT2D eigenvalue weighted by Crippen LogP contribution is 2.23. The summed E-state index contributed by atoms with van der Waals surface area (Å²) < 4.78 is 0.779. The Morgan fingerprint density at radius 2 is 2.18 bits per heavy atom. The predicted octanol–water partition coefficient (Wildman–Crippen LogP) is 3.47. The van der Waals surface area contributed by atoms with E-state index in [9.17, 15) is 0 Å². The lowest BCUT2D eigenvalue weighted by Crippen LogP contribution is -1.99. The second-order valence-electron chi connectivity index (χ2n) is 3.47. The maximum absolute atomic E-state index is 8.76. The van der Waals surface area contributed by atoms with Crippen LogP contribution in [0.15, 0.2) is 30.3 Å². The molecule has 0 amide bonds. The van der Waals surface area contributed by atoms with Gasteiger partial charge in [-0.25, -0.2) is 0 Å². The lowest BCUT2D eigenvalue weighted by atomic mass is 10.2. The molecule has 0 radical (unpaired) electrons. The van der Waals surface area contributed by atoms with Crippen LogP contribution in [-0.2, 0) is 6.54 Å². The summed E-state index contributed by atoms with van der Waals surface area (Å²) in [6.45, 7) is 0.697. The summed E-state index contributed by atoms with van der Waals surface area (Å²) in [7, 11) is 0. The number of nitriles is 1. The van der Waals surface area contributed by atoms with Gasteiger partial charge in [0.25, 0.3) is 0 Å². The Hall–Kier alpha value is -1.70. The molecule has 0 bridgehead atoms. The van der Waals surface area contributed by atoms with Gasteiger partial charge in [0.05, 0.1) is 15.6 Å². The molecular weight excluding hydrogens is 254 g/mol. The smallest absolute Gasteiger partial charge is 0.101 e. The average molecular weight is 264 g/mol. The molecule has 0 saturated heterocycles. The zero-order valence-electron chi connectivity index (χ0n) is 8.90. The number of halogens is 1. The Labute approximate surface area is 108 Å². The Morgan fingerprint density at radius 3 is 2.76 bits per heavy atom. The molecule has 86 valence electrons. The molecule has 0 aliphatic rings. The SMILES string of the molecule is N#Cc1ccc(NCc2ccc(Cl)s2)cc1N. The van der Waals surface area contributed by atoms with Crippen molar-refractivity contribution in [1.82, 2.24) is 0 Å². The summed E-state index contributed by atoms with van der Waals surface area (Å²) in [4.78, 5) is 1.15. The Morgan fingerprint density at radius 1 is 1.35 bits per heavy atom. The van der Waals surface area contributed by atoms with Gasteiger partial charge in [-0.3, -0.25) is 0 Å². The summed E-state index contributed by atoms with van der Waals surface area (Å²) in [5.41, 5.74) is 7.60. The van der Waals surface area contributed by atoms with E-state index < -0.39 is 0 Å². The van der Waals surface area contributed by atoms with E-state index in [2.05, 4.69) is 5.32 Å². The van der Waals surface area contributed by atoms with Crippen LogP contribution in [0.2, 0.25) is 4.34 Å². The van der Waals surface area contributed by atoms with E-state index in [-0.39, 0.29) is 0 Å². The lowest BCUT2D eigenvalue weighted by Gasteiger charge is -2.06. The number of nitrogens with zero attached hydrogens (tertiary/aromatic N) is 1. The molecule has 5 heteroatoms. The molecule has 3 nitrogen and oxygen atoms in total. The highest BCUT2D eigenvalue weighted by molar-refractivity contribution is 7.16. The van der Waals surface area contributed by atoms with Gasteiger partial charge in [0.2, 0.25) is 0 Å². The summed E-state index contributed by atoms with van der Waals surface area (Å²) in [5.74, 6) is 0. The highest BCUT2D eigenvalue weighted by atomic mass is 35.5. The van der Waals surface area contributed by atoms with Crippen LogP contribution < -0.4 is 11.1 Å². The van der Waals surface area contributed by atoms with Crippen molar-refractivity contribution in [3.8, 4) is 6.07 Å². The van der Waals surface area contributed by atoms with Crippen LogP contribution in [0.25, 0.3) is 0 Å². The number of anilines is 2. The summed E-state index contributed by atoms with van der Waals surface area (Å²) in [6, 6.07) is 11.2. The third kappa shape index (κ3) is 2.90. The van der Waals surface area contributed by atoms with Crippen LogP contribution in [0.4, 0.5) is 11.4 Å². The number of thiophene rings is 1. The van der Waals surface area contributed by atoms with Crippen molar-refractivity contribution >= 4 is 34.3 Å². The zero-order chi connectivity index (χ0) is 12.3. The van der Waals surface area contributed by atoms with Crippen molar-refractivity contribution in [1.29, 1.82) is 5.26 Å². The summed E-state index contributed by atoms with van der Waals surface area (Å²) in [6.07, 6.45) is 0. The largest absolute Gasteiger partial charge is 0.398 e. The third-order valence-corrected chi connectivity index (χ3v) is 3.50. The molecule has 0 aliphatic carbocycles. The molecular formula is C12H10ClN3S. The number of rotatable bonds is 3. The monoisotopic (exact) mass is 263 g/mol. The minimum Gasteiger partial charge on any atom is -0.398 e. The lowest BCUT2D eigenvalue weighted by molar-refractivity contribution is 1.19. The van der Waals surface area contributed by atoms with Crippen molar-refractivity contribution in [2.45, 2.75) is 6.54 Å². The summed E-state index contributed by atoms with van der Waals surface area (Å²) >= 11 is 7.38. The first kappa shape index (κ1) is 11.8. The Kier molecular flexibility index (Phi) is 3.52. The number of nitrogen functional groups attached to an aromatic ring is 1. The maximum atomic E-state index is 8.76. The van der Waals surface area contributed by atoms with Gasteiger partial charge in [0, 0.05) is 17.1 Å². The van der Waals surface area contributed by atoms with Crippen LogP contribution in [-0.4, -0.2) is 0 Å². The number of nitrogens with one attached hydrogen (secondary N) is 1. The molecule has 0 spiro atoms. The molecule has 1 aromatic carbocycles. The number of benzene rings is 1. The van der Waals surface area contributed by atoms with Gasteiger partial charge in [0.15, 0.2) is 0 Å². The molecule has 1 heterocycles. The maximum Gasteiger partial charge on any atom is 0.101 e. The van der Waals surface area contributed by atoms with Crippen molar-refractivity contribution < 1.29 is 0 Å². The Bertz CT molecular complexity index is 571. The zero-order valence-corrected chi connectivity index (χ0v) is 10.5. The fourth-order valence-electron chi connectivity index (χ4n) is 1.41. The van der Waals surface area contributed by atoms with Gasteiger partial charge >= 0.3 is 0 Å². The van der Waals surface area contributed by atoms with Gasteiger partial charge < -0.3 is 11.1 Å². The van der Waals surface area contributed by atoms with Gasteiger partial charge in [-0.2, -0.15) is 5.26 Å². The quantitative estimate of drug-likeness (QED) is 0.834. The second kappa shape index (κ2) is 5.09. The van der Waals surface area contributed by atoms with Crippen LogP contribution in [0.5, 0.6) is 0 Å². The highest BCUT2D eigenvalue weighted by Gasteiger charge is 2.01. The van der Waals surface area contributed by atoms with Gasteiger partial charge in [-0.15, -0.1) is 11.3 Å². The molecule has 0 aliphatic heterocycles. The minimum atomic E-state index is 0.488. The normalized spacial score (nSPS) is 9.88. The van der Waals surface area contributed by atoms with Gasteiger partial charge in [0.1, 0.15) is 6.07 Å². The molecule has 3 N–H and O–H groups in total. The van der Waals surface area contributed by atoms with Crippen LogP contribution in [0.3, 0.4) is 0 Å². The topological polar surface area (TPSA) is 61.8 Å². The van der Waals surface area contributed by atoms with Crippen LogP contribution >= 0.6 is 22.9 Å². The van der Waals surface area contributed by atoms with Crippen LogP contribution in [0.1, 0.15) is 10.4 Å². The molecule has 2 aromatic rings. The first-order valence-corrected chi connectivity index (χ1v) is 6.16. The number of hydrogen-bond acceptors (Lipinski definition) is 4. The van der Waals surface area contributed by atoms with E-state index in [1.165, 1.54) is 11.3 Å². The second-order valence-corrected chi connectivity index (χ2v) is 5.27. The molecule has 0 atom stereocenters. The van der Waals surface area contributed by atoms with Crippen molar-refractivity contribution in [3.63, 3.8) is 0 Å². The number of nitrogens with two attached hydrogens (primary N) is 1. The predicted molar refractivity (Wildman–Crippen MR) is 72.2 cm³/mol. The minimum absolute atomic E-state index is 0.488. The van der Waals surface area contributed by atoms with Crippen molar-refractivity contribution in [2.75, 3.05) is 11.1 Å². The fourth-order valence-corrected chi connectivity index (χ4v) is 2.44. The van der Waals surface area contributed by atoms with E-state index >= 15 is 0 Å². The van der Waals surface area contributed by atoms with E-state index in [0.29, 0.717) is 17.8 Å². The molecule has 0 unspecified atom stereocenters. The third-order valence-electron chi connectivity index (χ3n) is 2.27. The molecule has 1 aromatic heterocycles. The molecule has 2 rings (SSSR count). The first-order valence-electron chi connectivity index (χ1n) is 4.97. The van der Waals surface area contributed by atoms with Crippen LogP contribution in [0, 0.1) is 11.3 Å². The molecule has 0 fully saturated rings. The fraction of sp³-hybridized carbons (Fsp3) is 0.0833. The average Bonchev–Trinajstić information content (AvgIpc) is 2.73. The van der Waals surface area contributed by atoms with Gasteiger partial charge in [-0.05, 0) is 30.3 Å². The molecule has 17 heavy (non-hydrogen) atoms.